The maximum Gasteiger partial charge on any atom is 0.255 e. The molecule has 1 aliphatic heterocycles. The number of rotatable bonds is 4. The van der Waals surface area contributed by atoms with Crippen LogP contribution >= 0.6 is 15.9 Å². The SMILES string of the molecule is O=C(Nc1ccc(C(=O)N2CCN(c3ccc(Br)cn3)CC2)cc1)c1ccccc1. The molecular weight excluding hydrogens is 444 g/mol. The Morgan fingerprint density at radius 2 is 1.53 bits per heavy atom. The fourth-order valence-corrected chi connectivity index (χ4v) is 3.60. The predicted molar refractivity (Wildman–Crippen MR) is 121 cm³/mol. The summed E-state index contributed by atoms with van der Waals surface area (Å²) >= 11 is 3.40. The average Bonchev–Trinajstić information content (AvgIpc) is 2.80. The second-order valence-corrected chi connectivity index (χ2v) is 7.93. The minimum Gasteiger partial charge on any atom is -0.353 e. The van der Waals surface area contributed by atoms with Crippen molar-refractivity contribution in [2.24, 2.45) is 0 Å². The van der Waals surface area contributed by atoms with Crippen LogP contribution in [-0.2, 0) is 0 Å². The number of carbonyl (C=O) groups excluding carboxylic acids is 2. The molecule has 7 heteroatoms. The Hall–Kier alpha value is -3.19. The molecule has 6 nitrogen and oxygen atoms in total. The average molecular weight is 465 g/mol. The van der Waals surface area contributed by atoms with Crippen molar-refractivity contribution >= 4 is 39.2 Å². The number of carbonyl (C=O) groups is 2. The Morgan fingerprint density at radius 1 is 0.833 bits per heavy atom. The molecule has 2 heterocycles. The molecule has 0 atom stereocenters. The van der Waals surface area contributed by atoms with Crippen LogP contribution in [0.3, 0.4) is 0 Å². The van der Waals surface area contributed by atoms with Crippen LogP contribution in [-0.4, -0.2) is 47.9 Å². The lowest BCUT2D eigenvalue weighted by molar-refractivity contribution is 0.0746. The van der Waals surface area contributed by atoms with Crippen LogP contribution < -0.4 is 10.2 Å². The number of nitrogens with one attached hydrogen (secondary N) is 1. The smallest absolute Gasteiger partial charge is 0.255 e. The van der Waals surface area contributed by atoms with Crippen molar-refractivity contribution in [3.63, 3.8) is 0 Å². The van der Waals surface area contributed by atoms with Gasteiger partial charge in [0.25, 0.3) is 11.8 Å². The summed E-state index contributed by atoms with van der Waals surface area (Å²) in [4.78, 5) is 33.5. The van der Waals surface area contributed by atoms with Crippen molar-refractivity contribution in [1.29, 1.82) is 0 Å². The number of hydrogen-bond acceptors (Lipinski definition) is 4. The second-order valence-electron chi connectivity index (χ2n) is 7.01. The van der Waals surface area contributed by atoms with E-state index in [0.29, 0.717) is 29.9 Å². The molecule has 0 saturated carbocycles. The molecule has 0 aliphatic carbocycles. The van der Waals surface area contributed by atoms with E-state index < -0.39 is 0 Å². The summed E-state index contributed by atoms with van der Waals surface area (Å²) in [6.45, 7) is 2.77. The summed E-state index contributed by atoms with van der Waals surface area (Å²) in [5.74, 6) is 0.746. The first-order valence-corrected chi connectivity index (χ1v) is 10.5. The molecule has 0 unspecified atom stereocenters. The zero-order valence-electron chi connectivity index (χ0n) is 16.3. The van der Waals surface area contributed by atoms with Crippen molar-refractivity contribution in [2.45, 2.75) is 0 Å². The number of anilines is 2. The van der Waals surface area contributed by atoms with Gasteiger partial charge in [0, 0.05) is 53.7 Å². The zero-order valence-corrected chi connectivity index (χ0v) is 17.9. The number of halogens is 1. The zero-order chi connectivity index (χ0) is 20.9. The number of nitrogens with zero attached hydrogens (tertiary/aromatic N) is 3. The minimum atomic E-state index is -0.174. The molecule has 4 rings (SSSR count). The highest BCUT2D eigenvalue weighted by atomic mass is 79.9. The van der Waals surface area contributed by atoms with E-state index in [0.717, 1.165) is 23.4 Å². The van der Waals surface area contributed by atoms with Gasteiger partial charge in [0.1, 0.15) is 5.82 Å². The van der Waals surface area contributed by atoms with Crippen LogP contribution in [0, 0.1) is 0 Å². The first kappa shape index (κ1) is 20.1. The Balaban J connectivity index is 1.34. The van der Waals surface area contributed by atoms with Crippen molar-refractivity contribution in [1.82, 2.24) is 9.88 Å². The second kappa shape index (κ2) is 9.09. The van der Waals surface area contributed by atoms with E-state index in [4.69, 9.17) is 0 Å². The molecule has 0 bridgehead atoms. The van der Waals surface area contributed by atoms with E-state index in [1.54, 1.807) is 42.6 Å². The number of amides is 2. The molecule has 1 fully saturated rings. The van der Waals surface area contributed by atoms with Gasteiger partial charge < -0.3 is 15.1 Å². The van der Waals surface area contributed by atoms with Crippen molar-refractivity contribution in [3.8, 4) is 0 Å². The molecule has 2 aromatic carbocycles. The Kier molecular flexibility index (Phi) is 6.09. The molecule has 0 spiro atoms. The molecule has 30 heavy (non-hydrogen) atoms. The van der Waals surface area contributed by atoms with E-state index in [1.165, 1.54) is 0 Å². The summed E-state index contributed by atoms with van der Waals surface area (Å²) in [6.07, 6.45) is 1.78. The highest BCUT2D eigenvalue weighted by Crippen LogP contribution is 2.18. The molecule has 0 radical (unpaired) electrons. The van der Waals surface area contributed by atoms with Crippen molar-refractivity contribution in [2.75, 3.05) is 36.4 Å². The number of benzene rings is 2. The van der Waals surface area contributed by atoms with Gasteiger partial charge in [-0.2, -0.15) is 0 Å². The summed E-state index contributed by atoms with van der Waals surface area (Å²) in [5, 5.41) is 2.85. The van der Waals surface area contributed by atoms with Crippen molar-refractivity contribution in [3.05, 3.63) is 88.5 Å². The van der Waals surface area contributed by atoms with Crippen LogP contribution in [0.2, 0.25) is 0 Å². The lowest BCUT2D eigenvalue weighted by Crippen LogP contribution is -2.49. The third-order valence-electron chi connectivity index (χ3n) is 5.03. The van der Waals surface area contributed by atoms with Crippen LogP contribution in [0.4, 0.5) is 11.5 Å². The minimum absolute atomic E-state index is 0.000601. The quantitative estimate of drug-likeness (QED) is 0.632. The first-order chi connectivity index (χ1) is 14.6. The molecular formula is C23H21BrN4O2. The third-order valence-corrected chi connectivity index (χ3v) is 5.50. The number of piperazine rings is 1. The fraction of sp³-hybridized carbons (Fsp3) is 0.174. The number of pyridine rings is 1. The monoisotopic (exact) mass is 464 g/mol. The van der Waals surface area contributed by atoms with Crippen LogP contribution in [0.15, 0.2) is 77.4 Å². The summed E-state index contributed by atoms with van der Waals surface area (Å²) < 4.78 is 0.948. The van der Waals surface area contributed by atoms with E-state index in [-0.39, 0.29) is 11.8 Å². The molecule has 1 N–H and O–H groups in total. The van der Waals surface area contributed by atoms with Gasteiger partial charge in [-0.15, -0.1) is 0 Å². The molecule has 1 aromatic heterocycles. The van der Waals surface area contributed by atoms with Gasteiger partial charge >= 0.3 is 0 Å². The maximum absolute atomic E-state index is 12.8. The molecule has 1 aliphatic rings. The number of hydrogen-bond donors (Lipinski definition) is 1. The van der Waals surface area contributed by atoms with E-state index in [2.05, 4.69) is 31.1 Å². The van der Waals surface area contributed by atoms with Crippen molar-refractivity contribution < 1.29 is 9.59 Å². The highest BCUT2D eigenvalue weighted by Gasteiger charge is 2.22. The molecule has 2 amide bonds. The maximum atomic E-state index is 12.8. The van der Waals surface area contributed by atoms with Crippen LogP contribution in [0.5, 0.6) is 0 Å². The van der Waals surface area contributed by atoms with Crippen LogP contribution in [0.25, 0.3) is 0 Å². The Morgan fingerprint density at radius 3 is 2.17 bits per heavy atom. The topological polar surface area (TPSA) is 65.5 Å². The fourth-order valence-electron chi connectivity index (χ4n) is 3.37. The molecule has 1 saturated heterocycles. The summed E-state index contributed by atoms with van der Waals surface area (Å²) in [6, 6.07) is 20.0. The third kappa shape index (κ3) is 4.68. The van der Waals surface area contributed by atoms with E-state index in [1.807, 2.05) is 35.2 Å². The van der Waals surface area contributed by atoms with Gasteiger partial charge in [-0.05, 0) is 64.5 Å². The largest absolute Gasteiger partial charge is 0.353 e. The van der Waals surface area contributed by atoms with Crippen LogP contribution in [0.1, 0.15) is 20.7 Å². The van der Waals surface area contributed by atoms with E-state index in [9.17, 15) is 9.59 Å². The van der Waals surface area contributed by atoms with Gasteiger partial charge in [-0.1, -0.05) is 18.2 Å². The number of aromatic nitrogens is 1. The van der Waals surface area contributed by atoms with Gasteiger partial charge in [0.2, 0.25) is 0 Å². The molecule has 3 aromatic rings. The lowest BCUT2D eigenvalue weighted by atomic mass is 10.1. The Labute approximate surface area is 183 Å². The van der Waals surface area contributed by atoms with Gasteiger partial charge in [0.15, 0.2) is 0 Å². The Bertz CT molecular complexity index is 1020. The summed E-state index contributed by atoms with van der Waals surface area (Å²) in [7, 11) is 0. The van der Waals surface area contributed by atoms with Gasteiger partial charge in [0.05, 0.1) is 0 Å². The first-order valence-electron chi connectivity index (χ1n) is 9.72. The van der Waals surface area contributed by atoms with E-state index >= 15 is 0 Å². The summed E-state index contributed by atoms with van der Waals surface area (Å²) in [5.41, 5.74) is 1.87. The highest BCUT2D eigenvalue weighted by molar-refractivity contribution is 9.10. The van der Waals surface area contributed by atoms with Gasteiger partial charge in [-0.25, -0.2) is 4.98 Å². The standard InChI is InChI=1S/C23H21BrN4O2/c24-19-8-11-21(25-16-19)27-12-14-28(15-13-27)23(30)18-6-9-20(10-7-18)26-22(29)17-4-2-1-3-5-17/h1-11,16H,12-15H2,(H,26,29). The molecule has 152 valence electrons. The normalized spacial score (nSPS) is 13.8. The lowest BCUT2D eigenvalue weighted by Gasteiger charge is -2.35. The van der Waals surface area contributed by atoms with Gasteiger partial charge in [-0.3, -0.25) is 9.59 Å². The predicted octanol–water partition coefficient (Wildman–Crippen LogP) is 4.06.